The zero-order valence-corrected chi connectivity index (χ0v) is 14.6. The lowest BCUT2D eigenvalue weighted by atomic mass is 9.77. The third kappa shape index (κ3) is 5.55. The van der Waals surface area contributed by atoms with Gasteiger partial charge in [0, 0.05) is 33.8 Å². The highest BCUT2D eigenvalue weighted by Gasteiger charge is 2.32. The molecule has 1 fully saturated rings. The number of rotatable bonds is 6. The van der Waals surface area contributed by atoms with Crippen LogP contribution in [0, 0.1) is 10.8 Å². The molecule has 4 heteroatoms. The molecule has 3 nitrogen and oxygen atoms in total. The second-order valence-electron chi connectivity index (χ2n) is 7.50. The van der Waals surface area contributed by atoms with E-state index in [1.165, 1.54) is 0 Å². The molecule has 0 radical (unpaired) electrons. The highest BCUT2D eigenvalue weighted by atomic mass is 32.2. The summed E-state index contributed by atoms with van der Waals surface area (Å²) in [4.78, 5) is 12.4. The molecule has 0 aliphatic carbocycles. The summed E-state index contributed by atoms with van der Waals surface area (Å²) in [6.07, 6.45) is 4.83. The molecule has 0 aromatic carbocycles. The monoisotopic (exact) mass is 301 g/mol. The van der Waals surface area contributed by atoms with Crippen LogP contribution in [0.15, 0.2) is 0 Å². The van der Waals surface area contributed by atoms with Crippen LogP contribution in [0.2, 0.25) is 0 Å². The van der Waals surface area contributed by atoms with Gasteiger partial charge in [0.05, 0.1) is 0 Å². The van der Waals surface area contributed by atoms with Crippen molar-refractivity contribution in [3.8, 4) is 0 Å². The van der Waals surface area contributed by atoms with Gasteiger partial charge in [-0.1, -0.05) is 41.0 Å². The fraction of sp³-hybridized carbons (Fsp3) is 0.938. The van der Waals surface area contributed by atoms with E-state index in [0.29, 0.717) is 5.41 Å². The van der Waals surface area contributed by atoms with Crippen molar-refractivity contribution in [3.05, 3.63) is 0 Å². The minimum absolute atomic E-state index is 0.155. The predicted octanol–water partition coefficient (Wildman–Crippen LogP) is 3.26. The maximum absolute atomic E-state index is 12.4. The molecule has 0 spiro atoms. The van der Waals surface area contributed by atoms with Crippen LogP contribution >= 0.6 is 0 Å². The smallest absolute Gasteiger partial charge is 0.225 e. The summed E-state index contributed by atoms with van der Waals surface area (Å²) in [6, 6.07) is 0.221. The fourth-order valence-corrected chi connectivity index (χ4v) is 3.56. The molecule has 1 aliphatic heterocycles. The molecule has 20 heavy (non-hydrogen) atoms. The summed E-state index contributed by atoms with van der Waals surface area (Å²) < 4.78 is 11.3. The summed E-state index contributed by atoms with van der Waals surface area (Å²) in [5, 5.41) is 3.16. The van der Waals surface area contributed by atoms with E-state index in [1.807, 2.05) is 13.8 Å². The Morgan fingerprint density at radius 1 is 1.15 bits per heavy atom. The molecule has 1 saturated heterocycles. The molecule has 1 heterocycles. The minimum atomic E-state index is -0.665. The van der Waals surface area contributed by atoms with Crippen LogP contribution < -0.4 is 5.32 Å². The second kappa shape index (κ2) is 7.06. The summed E-state index contributed by atoms with van der Waals surface area (Å²) in [5.74, 6) is 1.62. The molecule has 0 unspecified atom stereocenters. The second-order valence-corrected chi connectivity index (χ2v) is 9.19. The molecule has 1 N–H and O–H groups in total. The topological polar surface area (TPSA) is 46.2 Å². The van der Waals surface area contributed by atoms with Crippen LogP contribution in [0.25, 0.3) is 0 Å². The van der Waals surface area contributed by atoms with Gasteiger partial charge in [0.25, 0.3) is 0 Å². The van der Waals surface area contributed by atoms with E-state index in [2.05, 4.69) is 26.1 Å². The van der Waals surface area contributed by atoms with Gasteiger partial charge in [-0.25, -0.2) is 0 Å². The van der Waals surface area contributed by atoms with E-state index in [0.717, 1.165) is 43.6 Å². The maximum atomic E-state index is 12.4. The van der Waals surface area contributed by atoms with Crippen molar-refractivity contribution in [2.75, 3.05) is 11.5 Å². The Morgan fingerprint density at radius 3 is 2.20 bits per heavy atom. The molecule has 0 saturated carbocycles. The Balaban J connectivity index is 2.46. The van der Waals surface area contributed by atoms with Gasteiger partial charge in [-0.3, -0.25) is 9.00 Å². The molecule has 0 aromatic heterocycles. The van der Waals surface area contributed by atoms with Crippen molar-refractivity contribution in [2.45, 2.75) is 72.8 Å². The standard InChI is InChI=1S/C16H31NO2S/c1-6-15(2,3)9-10-16(4,5)14(18)17-13-7-11-20(19)12-8-13/h13H,6-12H2,1-5H3,(H,17,18). The zero-order chi connectivity index (χ0) is 15.4. The van der Waals surface area contributed by atoms with Crippen LogP contribution in [-0.4, -0.2) is 27.7 Å². The number of amides is 1. The molecule has 0 aromatic rings. The number of hydrogen-bond donors (Lipinski definition) is 1. The van der Waals surface area contributed by atoms with Crippen molar-refractivity contribution in [1.82, 2.24) is 5.32 Å². The third-order valence-corrected chi connectivity index (χ3v) is 6.10. The summed E-state index contributed by atoms with van der Waals surface area (Å²) in [6.45, 7) is 10.8. The van der Waals surface area contributed by atoms with E-state index in [4.69, 9.17) is 0 Å². The van der Waals surface area contributed by atoms with Gasteiger partial charge in [0.1, 0.15) is 0 Å². The van der Waals surface area contributed by atoms with E-state index in [-0.39, 0.29) is 17.4 Å². The normalized spacial score (nSPS) is 24.4. The lowest BCUT2D eigenvalue weighted by Crippen LogP contribution is -2.45. The molecular formula is C16H31NO2S. The lowest BCUT2D eigenvalue weighted by molar-refractivity contribution is -0.130. The van der Waals surface area contributed by atoms with Crippen molar-refractivity contribution in [3.63, 3.8) is 0 Å². The highest BCUT2D eigenvalue weighted by Crippen LogP contribution is 2.33. The first kappa shape index (κ1) is 17.7. The number of carbonyl (C=O) groups is 1. The summed E-state index contributed by atoms with van der Waals surface area (Å²) in [7, 11) is -0.665. The third-order valence-electron chi connectivity index (χ3n) is 4.72. The Bertz CT molecular complexity index is 353. The predicted molar refractivity (Wildman–Crippen MR) is 86.1 cm³/mol. The van der Waals surface area contributed by atoms with Gasteiger partial charge in [-0.2, -0.15) is 0 Å². The first-order valence-corrected chi connectivity index (χ1v) is 9.31. The Kier molecular flexibility index (Phi) is 6.24. The molecule has 1 rings (SSSR count). The van der Waals surface area contributed by atoms with Crippen LogP contribution in [0.5, 0.6) is 0 Å². The van der Waals surface area contributed by atoms with Gasteiger partial charge in [0.2, 0.25) is 5.91 Å². The summed E-state index contributed by atoms with van der Waals surface area (Å²) >= 11 is 0. The lowest BCUT2D eigenvalue weighted by Gasteiger charge is -2.32. The van der Waals surface area contributed by atoms with Crippen LogP contribution in [-0.2, 0) is 15.6 Å². The fourth-order valence-electron chi connectivity index (χ4n) is 2.26. The first-order chi connectivity index (χ1) is 9.16. The highest BCUT2D eigenvalue weighted by molar-refractivity contribution is 7.85. The Morgan fingerprint density at radius 2 is 1.70 bits per heavy atom. The van der Waals surface area contributed by atoms with Gasteiger partial charge in [0.15, 0.2) is 0 Å². The van der Waals surface area contributed by atoms with Crippen LogP contribution in [0.3, 0.4) is 0 Å². The van der Waals surface area contributed by atoms with Crippen LogP contribution in [0.1, 0.15) is 66.7 Å². The van der Waals surface area contributed by atoms with Crippen molar-refractivity contribution < 1.29 is 9.00 Å². The van der Waals surface area contributed by atoms with Crippen LogP contribution in [0.4, 0.5) is 0 Å². The van der Waals surface area contributed by atoms with Gasteiger partial charge >= 0.3 is 0 Å². The van der Waals surface area contributed by atoms with Crippen molar-refractivity contribution in [1.29, 1.82) is 0 Å². The Labute approximate surface area is 126 Å². The van der Waals surface area contributed by atoms with E-state index in [1.54, 1.807) is 0 Å². The SMILES string of the molecule is CCC(C)(C)CCC(C)(C)C(=O)NC1CCS(=O)CC1. The van der Waals surface area contributed by atoms with Crippen molar-refractivity contribution in [2.24, 2.45) is 10.8 Å². The van der Waals surface area contributed by atoms with Gasteiger partial charge in [-0.05, 0) is 31.1 Å². The zero-order valence-electron chi connectivity index (χ0n) is 13.8. The summed E-state index contributed by atoms with van der Waals surface area (Å²) in [5.41, 5.74) is -0.0116. The average molecular weight is 301 g/mol. The largest absolute Gasteiger partial charge is 0.353 e. The number of nitrogens with one attached hydrogen (secondary N) is 1. The van der Waals surface area contributed by atoms with E-state index in [9.17, 15) is 9.00 Å². The molecule has 1 aliphatic rings. The van der Waals surface area contributed by atoms with Crippen molar-refractivity contribution >= 4 is 16.7 Å². The van der Waals surface area contributed by atoms with Gasteiger partial charge in [-0.15, -0.1) is 0 Å². The van der Waals surface area contributed by atoms with E-state index >= 15 is 0 Å². The maximum Gasteiger partial charge on any atom is 0.225 e. The molecule has 118 valence electrons. The molecule has 0 bridgehead atoms. The quantitative estimate of drug-likeness (QED) is 0.818. The average Bonchev–Trinajstić information content (AvgIpc) is 2.39. The van der Waals surface area contributed by atoms with E-state index < -0.39 is 10.8 Å². The van der Waals surface area contributed by atoms with Gasteiger partial charge < -0.3 is 5.32 Å². The molecule has 0 atom stereocenters. The Hall–Kier alpha value is -0.380. The number of carbonyl (C=O) groups excluding carboxylic acids is 1. The first-order valence-electron chi connectivity index (χ1n) is 7.82. The minimum Gasteiger partial charge on any atom is -0.353 e. The molecule has 1 amide bonds. The number of hydrogen-bond acceptors (Lipinski definition) is 2. The molecular weight excluding hydrogens is 270 g/mol.